The van der Waals surface area contributed by atoms with Crippen molar-refractivity contribution in [2.45, 2.75) is 41.0 Å². The van der Waals surface area contributed by atoms with E-state index in [-0.39, 0.29) is 19.1 Å². The zero-order valence-electron chi connectivity index (χ0n) is 14.1. The van der Waals surface area contributed by atoms with Gasteiger partial charge in [0.05, 0.1) is 18.1 Å². The van der Waals surface area contributed by atoms with E-state index >= 15 is 0 Å². The molecule has 1 rings (SSSR count). The molecule has 6 nitrogen and oxygen atoms in total. The first-order valence-corrected chi connectivity index (χ1v) is 8.39. The molecule has 0 aliphatic rings. The van der Waals surface area contributed by atoms with E-state index in [0.29, 0.717) is 17.0 Å². The Labute approximate surface area is 140 Å². The van der Waals surface area contributed by atoms with Crippen molar-refractivity contribution >= 4 is 34.2 Å². The van der Waals surface area contributed by atoms with Crippen LogP contribution in [0.25, 0.3) is 0 Å². The number of anilines is 1. The van der Waals surface area contributed by atoms with Crippen molar-refractivity contribution in [3.05, 3.63) is 16.0 Å². The molecule has 0 aromatic carbocycles. The summed E-state index contributed by atoms with van der Waals surface area (Å²) in [7, 11) is 0. The van der Waals surface area contributed by atoms with Crippen LogP contribution in [0.1, 0.15) is 48.5 Å². The molecule has 0 aliphatic heterocycles. The summed E-state index contributed by atoms with van der Waals surface area (Å²) in [6.07, 6.45) is 0.661. The van der Waals surface area contributed by atoms with E-state index in [4.69, 9.17) is 9.47 Å². The summed E-state index contributed by atoms with van der Waals surface area (Å²) >= 11 is 1.32. The second kappa shape index (κ2) is 8.67. The summed E-state index contributed by atoms with van der Waals surface area (Å²) in [5.74, 6) is -1.67. The summed E-state index contributed by atoms with van der Waals surface area (Å²) in [4.78, 5) is 36.4. The highest BCUT2D eigenvalue weighted by atomic mass is 32.1. The molecular formula is C16H23NO5S. The van der Waals surface area contributed by atoms with Crippen LogP contribution in [-0.2, 0) is 25.5 Å². The van der Waals surface area contributed by atoms with Gasteiger partial charge in [0.2, 0.25) is 0 Å². The van der Waals surface area contributed by atoms with Gasteiger partial charge in [-0.2, -0.15) is 0 Å². The third kappa shape index (κ3) is 5.06. The Bertz CT molecular complexity index is 592. The van der Waals surface area contributed by atoms with Gasteiger partial charge in [0.15, 0.2) is 6.61 Å². The zero-order chi connectivity index (χ0) is 17.6. The highest BCUT2D eigenvalue weighted by molar-refractivity contribution is 7.16. The minimum absolute atomic E-state index is 0.260. The number of amides is 1. The maximum absolute atomic E-state index is 12.1. The highest BCUT2D eigenvalue weighted by Crippen LogP contribution is 2.34. The van der Waals surface area contributed by atoms with Crippen LogP contribution < -0.4 is 5.32 Å². The standard InChI is InChI=1S/C16H23NO5S/c1-6-11-10(5)23-14(13(11)16(20)21-7-2)17-12(18)8-22-15(19)9(3)4/h9H,6-8H2,1-5H3,(H,17,18). The van der Waals surface area contributed by atoms with Gasteiger partial charge in [-0.05, 0) is 25.8 Å². The molecule has 0 unspecified atom stereocenters. The van der Waals surface area contributed by atoms with Crippen LogP contribution in [0.5, 0.6) is 0 Å². The Morgan fingerprint density at radius 3 is 2.35 bits per heavy atom. The van der Waals surface area contributed by atoms with Crippen LogP contribution in [0.2, 0.25) is 0 Å². The van der Waals surface area contributed by atoms with E-state index in [2.05, 4.69) is 5.32 Å². The van der Waals surface area contributed by atoms with Gasteiger partial charge < -0.3 is 14.8 Å². The van der Waals surface area contributed by atoms with E-state index in [9.17, 15) is 14.4 Å². The van der Waals surface area contributed by atoms with Crippen molar-refractivity contribution in [2.75, 3.05) is 18.5 Å². The van der Waals surface area contributed by atoms with E-state index in [1.807, 2.05) is 13.8 Å². The summed E-state index contributed by atoms with van der Waals surface area (Å²) in [5, 5.41) is 3.07. The normalized spacial score (nSPS) is 10.5. The molecular weight excluding hydrogens is 318 g/mol. The molecule has 0 saturated heterocycles. The third-order valence-electron chi connectivity index (χ3n) is 3.11. The molecule has 0 spiro atoms. The SMILES string of the molecule is CCOC(=O)c1c(NC(=O)COC(=O)C(C)C)sc(C)c1CC. The molecule has 1 aromatic rings. The summed E-state index contributed by atoms with van der Waals surface area (Å²) < 4.78 is 9.95. The van der Waals surface area contributed by atoms with Gasteiger partial charge in [-0.15, -0.1) is 11.3 Å². The number of ether oxygens (including phenoxy) is 2. The van der Waals surface area contributed by atoms with Crippen LogP contribution in [-0.4, -0.2) is 31.1 Å². The van der Waals surface area contributed by atoms with Crippen molar-refractivity contribution in [1.82, 2.24) is 0 Å². The fourth-order valence-electron chi connectivity index (χ4n) is 1.98. The van der Waals surface area contributed by atoms with E-state index in [1.54, 1.807) is 20.8 Å². The topological polar surface area (TPSA) is 81.7 Å². The van der Waals surface area contributed by atoms with Gasteiger partial charge >= 0.3 is 11.9 Å². The minimum atomic E-state index is -0.478. The molecule has 23 heavy (non-hydrogen) atoms. The number of aryl methyl sites for hydroxylation is 1. The second-order valence-electron chi connectivity index (χ2n) is 5.23. The molecule has 0 aliphatic carbocycles. The number of nitrogens with one attached hydrogen (secondary N) is 1. The largest absolute Gasteiger partial charge is 0.462 e. The lowest BCUT2D eigenvalue weighted by molar-refractivity contribution is -0.150. The molecule has 7 heteroatoms. The maximum Gasteiger partial charge on any atom is 0.341 e. The maximum atomic E-state index is 12.1. The van der Waals surface area contributed by atoms with E-state index < -0.39 is 17.8 Å². The fourth-order valence-corrected chi connectivity index (χ4v) is 3.13. The Morgan fingerprint density at radius 1 is 1.17 bits per heavy atom. The Morgan fingerprint density at radius 2 is 1.83 bits per heavy atom. The Balaban J connectivity index is 2.89. The number of hydrogen-bond donors (Lipinski definition) is 1. The molecule has 128 valence electrons. The third-order valence-corrected chi connectivity index (χ3v) is 4.17. The Kier molecular flexibility index (Phi) is 7.22. The number of hydrogen-bond acceptors (Lipinski definition) is 6. The number of carbonyl (C=O) groups is 3. The molecule has 0 radical (unpaired) electrons. The van der Waals surface area contributed by atoms with Crippen LogP contribution in [0.4, 0.5) is 5.00 Å². The molecule has 1 aromatic heterocycles. The highest BCUT2D eigenvalue weighted by Gasteiger charge is 2.23. The van der Waals surface area contributed by atoms with Crippen LogP contribution in [0.3, 0.4) is 0 Å². The molecule has 1 heterocycles. The minimum Gasteiger partial charge on any atom is -0.462 e. The first kappa shape index (κ1) is 19.2. The van der Waals surface area contributed by atoms with E-state index in [1.165, 1.54) is 11.3 Å². The molecule has 0 saturated carbocycles. The van der Waals surface area contributed by atoms with E-state index in [0.717, 1.165) is 10.4 Å². The number of esters is 2. The number of rotatable bonds is 7. The summed E-state index contributed by atoms with van der Waals surface area (Å²) in [6, 6.07) is 0. The molecule has 0 fully saturated rings. The summed E-state index contributed by atoms with van der Waals surface area (Å²) in [6.45, 7) is 8.82. The Hall–Kier alpha value is -1.89. The molecule has 1 N–H and O–H groups in total. The lowest BCUT2D eigenvalue weighted by Crippen LogP contribution is -2.23. The van der Waals surface area contributed by atoms with Crippen molar-refractivity contribution < 1.29 is 23.9 Å². The number of carbonyl (C=O) groups excluding carboxylic acids is 3. The van der Waals surface area contributed by atoms with Gasteiger partial charge in [-0.25, -0.2) is 4.79 Å². The van der Waals surface area contributed by atoms with Crippen LogP contribution in [0, 0.1) is 12.8 Å². The fraction of sp³-hybridized carbons (Fsp3) is 0.562. The van der Waals surface area contributed by atoms with Gasteiger partial charge in [-0.1, -0.05) is 20.8 Å². The predicted octanol–water partition coefficient (Wildman–Crippen LogP) is 2.93. The van der Waals surface area contributed by atoms with Crippen LogP contribution >= 0.6 is 11.3 Å². The average molecular weight is 341 g/mol. The van der Waals surface area contributed by atoms with Crippen molar-refractivity contribution in [3.8, 4) is 0 Å². The van der Waals surface area contributed by atoms with Gasteiger partial charge in [0.25, 0.3) is 5.91 Å². The van der Waals surface area contributed by atoms with Crippen molar-refractivity contribution in [1.29, 1.82) is 0 Å². The first-order chi connectivity index (χ1) is 10.8. The van der Waals surface area contributed by atoms with Gasteiger partial charge in [-0.3, -0.25) is 9.59 Å². The number of thiophene rings is 1. The van der Waals surface area contributed by atoms with Crippen LogP contribution in [0.15, 0.2) is 0 Å². The predicted molar refractivity (Wildman–Crippen MR) is 88.8 cm³/mol. The smallest absolute Gasteiger partial charge is 0.341 e. The average Bonchev–Trinajstić information content (AvgIpc) is 2.80. The lowest BCUT2D eigenvalue weighted by atomic mass is 10.1. The van der Waals surface area contributed by atoms with Crippen molar-refractivity contribution in [3.63, 3.8) is 0 Å². The molecule has 0 atom stereocenters. The lowest BCUT2D eigenvalue weighted by Gasteiger charge is -2.09. The second-order valence-corrected chi connectivity index (χ2v) is 6.45. The van der Waals surface area contributed by atoms with Gasteiger partial charge in [0, 0.05) is 4.88 Å². The summed E-state index contributed by atoms with van der Waals surface area (Å²) in [5.41, 5.74) is 1.25. The van der Waals surface area contributed by atoms with Crippen molar-refractivity contribution in [2.24, 2.45) is 5.92 Å². The monoisotopic (exact) mass is 341 g/mol. The van der Waals surface area contributed by atoms with Gasteiger partial charge in [0.1, 0.15) is 5.00 Å². The molecule has 0 bridgehead atoms. The molecule has 1 amide bonds. The quantitative estimate of drug-likeness (QED) is 0.771. The zero-order valence-corrected chi connectivity index (χ0v) is 15.0. The first-order valence-electron chi connectivity index (χ1n) is 7.57.